The summed E-state index contributed by atoms with van der Waals surface area (Å²) in [6, 6.07) is 4.81. The predicted molar refractivity (Wildman–Crippen MR) is 55.0 cm³/mol. The Kier molecular flexibility index (Phi) is 3.63. The molecule has 3 nitrogen and oxygen atoms in total. The first-order valence-corrected chi connectivity index (χ1v) is 4.63. The topological polar surface area (TPSA) is 38.7 Å². The Balaban J connectivity index is 2.77. The standard InChI is InChI=1S/C11H16O3/c1-8(2)7-14-11-6-9(12)4-5-10(11)13-3/h4-6,8,12H,7H2,1-3H3. The summed E-state index contributed by atoms with van der Waals surface area (Å²) >= 11 is 0. The summed E-state index contributed by atoms with van der Waals surface area (Å²) in [5.74, 6) is 1.86. The Hall–Kier alpha value is -1.38. The van der Waals surface area contributed by atoms with Crippen molar-refractivity contribution < 1.29 is 14.6 Å². The van der Waals surface area contributed by atoms with Gasteiger partial charge < -0.3 is 14.6 Å². The third-order valence-corrected chi connectivity index (χ3v) is 1.72. The average Bonchev–Trinajstić information content (AvgIpc) is 2.15. The maximum atomic E-state index is 9.26. The van der Waals surface area contributed by atoms with E-state index in [-0.39, 0.29) is 5.75 Å². The van der Waals surface area contributed by atoms with E-state index < -0.39 is 0 Å². The van der Waals surface area contributed by atoms with Gasteiger partial charge in [0.05, 0.1) is 13.7 Å². The molecule has 0 saturated carbocycles. The largest absolute Gasteiger partial charge is 0.508 e. The molecule has 0 atom stereocenters. The molecule has 1 rings (SSSR count). The van der Waals surface area contributed by atoms with Crippen molar-refractivity contribution in [3.8, 4) is 17.2 Å². The SMILES string of the molecule is COc1ccc(O)cc1OCC(C)C. The van der Waals surface area contributed by atoms with Crippen LogP contribution in [0.3, 0.4) is 0 Å². The number of rotatable bonds is 4. The minimum Gasteiger partial charge on any atom is -0.508 e. The number of phenolic OH excluding ortho intramolecular Hbond substituents is 1. The molecular weight excluding hydrogens is 180 g/mol. The second-order valence-electron chi connectivity index (χ2n) is 3.54. The summed E-state index contributed by atoms with van der Waals surface area (Å²) in [7, 11) is 1.58. The quantitative estimate of drug-likeness (QED) is 0.803. The monoisotopic (exact) mass is 196 g/mol. The molecule has 0 heterocycles. The molecule has 0 amide bonds. The van der Waals surface area contributed by atoms with Gasteiger partial charge in [-0.1, -0.05) is 13.8 Å². The lowest BCUT2D eigenvalue weighted by atomic mass is 10.2. The number of aromatic hydroxyl groups is 1. The zero-order chi connectivity index (χ0) is 10.6. The highest BCUT2D eigenvalue weighted by Crippen LogP contribution is 2.30. The minimum atomic E-state index is 0.185. The van der Waals surface area contributed by atoms with E-state index >= 15 is 0 Å². The first-order valence-electron chi connectivity index (χ1n) is 4.63. The number of phenols is 1. The number of methoxy groups -OCH3 is 1. The lowest BCUT2D eigenvalue weighted by molar-refractivity contribution is 0.255. The van der Waals surface area contributed by atoms with Gasteiger partial charge in [-0.05, 0) is 18.1 Å². The summed E-state index contributed by atoms with van der Waals surface area (Å²) < 4.78 is 10.6. The van der Waals surface area contributed by atoms with Crippen molar-refractivity contribution in [3.05, 3.63) is 18.2 Å². The fourth-order valence-electron chi connectivity index (χ4n) is 1.03. The van der Waals surface area contributed by atoms with Crippen molar-refractivity contribution in [2.75, 3.05) is 13.7 Å². The Morgan fingerprint density at radius 2 is 2.00 bits per heavy atom. The van der Waals surface area contributed by atoms with Crippen LogP contribution in [0.25, 0.3) is 0 Å². The molecule has 1 aromatic carbocycles. The van der Waals surface area contributed by atoms with Crippen molar-refractivity contribution in [1.29, 1.82) is 0 Å². The fourth-order valence-corrected chi connectivity index (χ4v) is 1.03. The van der Waals surface area contributed by atoms with E-state index in [1.54, 1.807) is 25.3 Å². The Bertz CT molecular complexity index is 295. The summed E-state index contributed by atoms with van der Waals surface area (Å²) in [4.78, 5) is 0. The Labute approximate surface area is 84.3 Å². The van der Waals surface area contributed by atoms with E-state index in [4.69, 9.17) is 9.47 Å². The fraction of sp³-hybridized carbons (Fsp3) is 0.455. The van der Waals surface area contributed by atoms with Gasteiger partial charge >= 0.3 is 0 Å². The highest BCUT2D eigenvalue weighted by Gasteiger charge is 2.05. The van der Waals surface area contributed by atoms with Crippen LogP contribution in [0.15, 0.2) is 18.2 Å². The average molecular weight is 196 g/mol. The molecule has 78 valence electrons. The van der Waals surface area contributed by atoms with Crippen LogP contribution in [0, 0.1) is 5.92 Å². The highest BCUT2D eigenvalue weighted by molar-refractivity contribution is 5.44. The van der Waals surface area contributed by atoms with Crippen LogP contribution in [0.4, 0.5) is 0 Å². The van der Waals surface area contributed by atoms with Crippen LogP contribution in [-0.2, 0) is 0 Å². The summed E-state index contributed by atoms with van der Waals surface area (Å²) in [5, 5.41) is 9.26. The zero-order valence-electron chi connectivity index (χ0n) is 8.78. The maximum absolute atomic E-state index is 9.26. The lowest BCUT2D eigenvalue weighted by Crippen LogP contribution is -2.05. The van der Waals surface area contributed by atoms with Crippen LogP contribution in [0.1, 0.15) is 13.8 Å². The van der Waals surface area contributed by atoms with E-state index in [0.717, 1.165) is 0 Å². The summed E-state index contributed by atoms with van der Waals surface area (Å²) in [6.07, 6.45) is 0. The van der Waals surface area contributed by atoms with E-state index in [9.17, 15) is 5.11 Å². The third kappa shape index (κ3) is 2.83. The summed E-state index contributed by atoms with van der Waals surface area (Å²) in [5.41, 5.74) is 0. The predicted octanol–water partition coefficient (Wildman–Crippen LogP) is 2.44. The van der Waals surface area contributed by atoms with Gasteiger partial charge in [-0.25, -0.2) is 0 Å². The molecule has 1 N–H and O–H groups in total. The molecule has 0 aliphatic heterocycles. The molecule has 0 unspecified atom stereocenters. The first-order chi connectivity index (χ1) is 6.63. The lowest BCUT2D eigenvalue weighted by Gasteiger charge is -2.12. The third-order valence-electron chi connectivity index (χ3n) is 1.72. The molecule has 0 aliphatic rings. The van der Waals surface area contributed by atoms with Crippen molar-refractivity contribution in [1.82, 2.24) is 0 Å². The van der Waals surface area contributed by atoms with Crippen LogP contribution in [0.5, 0.6) is 17.2 Å². The van der Waals surface area contributed by atoms with Crippen LogP contribution >= 0.6 is 0 Å². The molecule has 0 fully saturated rings. The number of hydrogen-bond donors (Lipinski definition) is 1. The maximum Gasteiger partial charge on any atom is 0.164 e. The highest BCUT2D eigenvalue weighted by atomic mass is 16.5. The second-order valence-corrected chi connectivity index (χ2v) is 3.54. The van der Waals surface area contributed by atoms with E-state index in [0.29, 0.717) is 24.0 Å². The molecule has 0 aromatic heterocycles. The molecule has 0 bridgehead atoms. The summed E-state index contributed by atoms with van der Waals surface area (Å²) in [6.45, 7) is 4.74. The van der Waals surface area contributed by atoms with Gasteiger partial charge in [0.25, 0.3) is 0 Å². The van der Waals surface area contributed by atoms with Crippen molar-refractivity contribution in [2.45, 2.75) is 13.8 Å². The smallest absolute Gasteiger partial charge is 0.164 e. The van der Waals surface area contributed by atoms with Gasteiger partial charge in [0, 0.05) is 6.07 Å². The van der Waals surface area contributed by atoms with Crippen molar-refractivity contribution in [3.63, 3.8) is 0 Å². The first kappa shape index (κ1) is 10.7. The van der Waals surface area contributed by atoms with E-state index in [2.05, 4.69) is 13.8 Å². The van der Waals surface area contributed by atoms with Crippen molar-refractivity contribution >= 4 is 0 Å². The molecule has 0 aliphatic carbocycles. The Morgan fingerprint density at radius 1 is 1.29 bits per heavy atom. The van der Waals surface area contributed by atoms with Gasteiger partial charge in [-0.3, -0.25) is 0 Å². The molecule has 3 heteroatoms. The molecule has 0 spiro atoms. The number of benzene rings is 1. The van der Waals surface area contributed by atoms with Crippen molar-refractivity contribution in [2.24, 2.45) is 5.92 Å². The van der Waals surface area contributed by atoms with E-state index in [1.165, 1.54) is 0 Å². The molecular formula is C11H16O3. The van der Waals surface area contributed by atoms with Gasteiger partial charge in [-0.15, -0.1) is 0 Å². The van der Waals surface area contributed by atoms with Gasteiger partial charge in [0.1, 0.15) is 5.75 Å². The second kappa shape index (κ2) is 4.74. The minimum absolute atomic E-state index is 0.185. The molecule has 1 aromatic rings. The van der Waals surface area contributed by atoms with Gasteiger partial charge in [0.2, 0.25) is 0 Å². The zero-order valence-corrected chi connectivity index (χ0v) is 8.78. The number of hydrogen-bond acceptors (Lipinski definition) is 3. The van der Waals surface area contributed by atoms with Gasteiger partial charge in [0.15, 0.2) is 11.5 Å². The van der Waals surface area contributed by atoms with E-state index in [1.807, 2.05) is 0 Å². The molecule has 14 heavy (non-hydrogen) atoms. The van der Waals surface area contributed by atoms with Crippen LogP contribution in [0.2, 0.25) is 0 Å². The molecule has 0 radical (unpaired) electrons. The normalized spacial score (nSPS) is 10.3. The number of ether oxygens (including phenoxy) is 2. The van der Waals surface area contributed by atoms with Crippen LogP contribution < -0.4 is 9.47 Å². The molecule has 0 saturated heterocycles. The Morgan fingerprint density at radius 3 is 2.57 bits per heavy atom. The van der Waals surface area contributed by atoms with Crippen LogP contribution in [-0.4, -0.2) is 18.8 Å². The van der Waals surface area contributed by atoms with Gasteiger partial charge in [-0.2, -0.15) is 0 Å².